The number of anilines is 1. The van der Waals surface area contributed by atoms with E-state index in [-0.39, 0.29) is 48.8 Å². The molecule has 1 aromatic carbocycles. The van der Waals surface area contributed by atoms with Crippen molar-refractivity contribution in [3.05, 3.63) is 66.1 Å². The summed E-state index contributed by atoms with van der Waals surface area (Å²) in [6.07, 6.45) is 3.58. The third-order valence-electron chi connectivity index (χ3n) is 6.75. The number of nitrogen functional groups attached to an aromatic ring is 1. The van der Waals surface area contributed by atoms with Crippen LogP contribution in [0.1, 0.15) is 54.6 Å². The molecule has 0 amide bonds. The van der Waals surface area contributed by atoms with Crippen LogP contribution in [-0.2, 0) is 4.79 Å². The minimum absolute atomic E-state index is 0.145. The predicted molar refractivity (Wildman–Crippen MR) is 129 cm³/mol. The van der Waals surface area contributed by atoms with E-state index in [0.29, 0.717) is 16.9 Å². The first-order valence-electron chi connectivity index (χ1n) is 11.4. The maximum atomic E-state index is 14.6. The largest absolute Gasteiger partial charge is 0.479 e. The van der Waals surface area contributed by atoms with Gasteiger partial charge in [0.25, 0.3) is 0 Å². The van der Waals surface area contributed by atoms with Crippen molar-refractivity contribution in [2.75, 3.05) is 5.73 Å². The van der Waals surface area contributed by atoms with E-state index in [9.17, 15) is 19.1 Å². The lowest BCUT2D eigenvalue weighted by molar-refractivity contribution is -0.153. The molecule has 1 saturated carbocycles. The molecule has 0 unspecified atom stereocenters. The number of carbonyl (C=O) groups excluding carboxylic acids is 1. The first-order valence-corrected chi connectivity index (χ1v) is 11.4. The second kappa shape index (κ2) is 8.57. The Labute approximate surface area is 200 Å². The van der Waals surface area contributed by atoms with Gasteiger partial charge in [-0.05, 0) is 38.7 Å². The Bertz CT molecular complexity index is 1430. The van der Waals surface area contributed by atoms with Gasteiger partial charge in [-0.25, -0.2) is 14.2 Å². The normalized spacial score (nSPS) is 20.1. The highest BCUT2D eigenvalue weighted by molar-refractivity contribution is 6.00. The number of nitrogens with zero attached hydrogens (tertiary/aromatic N) is 4. The van der Waals surface area contributed by atoms with Gasteiger partial charge in [-0.2, -0.15) is 9.61 Å². The number of hydrogen-bond acceptors (Lipinski definition) is 6. The third-order valence-corrected chi connectivity index (χ3v) is 6.75. The molecule has 9 heteroatoms. The number of Topliss-reactive ketones (excluding diaryl/α,β-unsaturated/α-hetero) is 1. The number of hydrogen-bond donors (Lipinski definition) is 2. The van der Waals surface area contributed by atoms with Crippen molar-refractivity contribution in [3.63, 3.8) is 0 Å². The van der Waals surface area contributed by atoms with Gasteiger partial charge in [-0.1, -0.05) is 36.4 Å². The van der Waals surface area contributed by atoms with Gasteiger partial charge >= 0.3 is 5.97 Å². The van der Waals surface area contributed by atoms with Crippen molar-refractivity contribution >= 4 is 23.2 Å². The lowest BCUT2D eigenvalue weighted by atomic mass is 9.77. The number of carboxylic acid groups (broad SMARTS) is 1. The Morgan fingerprint density at radius 2 is 1.80 bits per heavy atom. The van der Waals surface area contributed by atoms with Crippen LogP contribution in [0.2, 0.25) is 0 Å². The van der Waals surface area contributed by atoms with Crippen LogP contribution < -0.4 is 5.73 Å². The molecule has 8 nitrogen and oxygen atoms in total. The molecular formula is C26H24FN5O3. The molecule has 3 N–H and O–H groups in total. The molecule has 1 aliphatic rings. The van der Waals surface area contributed by atoms with Crippen LogP contribution in [0.3, 0.4) is 0 Å². The van der Waals surface area contributed by atoms with E-state index in [1.807, 2.05) is 42.5 Å². The average molecular weight is 474 g/mol. The minimum Gasteiger partial charge on any atom is -0.479 e. The van der Waals surface area contributed by atoms with Crippen LogP contribution in [0.5, 0.6) is 0 Å². The number of aromatic nitrogens is 4. The fourth-order valence-corrected chi connectivity index (χ4v) is 4.79. The van der Waals surface area contributed by atoms with Gasteiger partial charge in [0, 0.05) is 28.8 Å². The molecule has 4 aromatic rings. The van der Waals surface area contributed by atoms with Crippen molar-refractivity contribution in [1.82, 2.24) is 19.6 Å². The quantitative estimate of drug-likeness (QED) is 0.403. The molecule has 0 saturated heterocycles. The Morgan fingerprint density at radius 3 is 2.40 bits per heavy atom. The number of nitrogens with two attached hydrogens (primary N) is 1. The number of fused-ring (bicyclic) bond motifs is 1. The summed E-state index contributed by atoms with van der Waals surface area (Å²) < 4.78 is 16.1. The number of alkyl halides is 1. The van der Waals surface area contributed by atoms with Crippen molar-refractivity contribution in [3.8, 4) is 22.4 Å². The van der Waals surface area contributed by atoms with Crippen LogP contribution in [0.25, 0.3) is 28.0 Å². The molecular weight excluding hydrogens is 449 g/mol. The first kappa shape index (κ1) is 22.6. The van der Waals surface area contributed by atoms with E-state index in [2.05, 4.69) is 10.1 Å². The van der Waals surface area contributed by atoms with E-state index in [1.165, 1.54) is 11.4 Å². The summed E-state index contributed by atoms with van der Waals surface area (Å²) in [7, 11) is 0. The van der Waals surface area contributed by atoms with E-state index >= 15 is 0 Å². The number of ketones is 1. The molecule has 0 spiro atoms. The maximum Gasteiger partial charge on any atom is 0.341 e. The smallest absolute Gasteiger partial charge is 0.341 e. The van der Waals surface area contributed by atoms with E-state index < -0.39 is 11.6 Å². The highest BCUT2D eigenvalue weighted by Crippen LogP contribution is 2.42. The average Bonchev–Trinajstić information content (AvgIpc) is 3.29. The second-order valence-electron chi connectivity index (χ2n) is 8.95. The van der Waals surface area contributed by atoms with Gasteiger partial charge in [-0.15, -0.1) is 0 Å². The highest BCUT2D eigenvalue weighted by Gasteiger charge is 2.43. The molecule has 5 rings (SSSR count). The molecule has 178 valence electrons. The number of halogens is 1. The number of rotatable bonds is 5. The summed E-state index contributed by atoms with van der Waals surface area (Å²) in [4.78, 5) is 33.2. The van der Waals surface area contributed by atoms with Gasteiger partial charge in [0.15, 0.2) is 11.4 Å². The number of benzene rings is 1. The summed E-state index contributed by atoms with van der Waals surface area (Å²) in [5, 5.41) is 13.6. The summed E-state index contributed by atoms with van der Waals surface area (Å²) >= 11 is 0. The molecule has 0 radical (unpaired) electrons. The van der Waals surface area contributed by atoms with Crippen LogP contribution in [0, 0.1) is 0 Å². The van der Waals surface area contributed by atoms with Crippen molar-refractivity contribution < 1.29 is 19.1 Å². The Hall–Kier alpha value is -4.14. The van der Waals surface area contributed by atoms with Gasteiger partial charge in [-0.3, -0.25) is 9.78 Å². The van der Waals surface area contributed by atoms with Crippen LogP contribution in [0.15, 0.2) is 54.9 Å². The highest BCUT2D eigenvalue weighted by atomic mass is 19.1. The van der Waals surface area contributed by atoms with E-state index in [1.54, 1.807) is 12.4 Å². The number of carboxylic acids is 1. The summed E-state index contributed by atoms with van der Waals surface area (Å²) in [5.41, 5.74) is 8.60. The molecule has 3 heterocycles. The van der Waals surface area contributed by atoms with Crippen molar-refractivity contribution in [2.24, 2.45) is 0 Å². The molecule has 35 heavy (non-hydrogen) atoms. The minimum atomic E-state index is -2.25. The van der Waals surface area contributed by atoms with E-state index in [0.717, 1.165) is 16.8 Å². The zero-order valence-electron chi connectivity index (χ0n) is 19.1. The first-order chi connectivity index (χ1) is 16.8. The van der Waals surface area contributed by atoms with Crippen LogP contribution in [0.4, 0.5) is 10.2 Å². The fourth-order valence-electron chi connectivity index (χ4n) is 4.79. The monoisotopic (exact) mass is 473 g/mol. The van der Waals surface area contributed by atoms with E-state index in [4.69, 9.17) is 10.7 Å². The van der Waals surface area contributed by atoms with Crippen molar-refractivity contribution in [2.45, 2.75) is 44.2 Å². The Balaban J connectivity index is 1.56. The fraction of sp³-hybridized carbons (Fsp3) is 0.269. The zero-order chi connectivity index (χ0) is 24.7. The predicted octanol–water partition coefficient (Wildman–Crippen LogP) is 4.69. The number of pyridine rings is 1. The SMILES string of the molecule is CC(=O)c1c(N)n2ncc(-c3ccc(-c4ccccc4)nc3)c2nc1[C@H]1CC[C@](F)(C(=O)O)CC1. The molecule has 3 aromatic heterocycles. The standard InChI is InChI=1S/C26H24FN5O3/c1-15(33)21-22(17-9-11-26(27,12-10-17)25(34)35)31-24-19(14-30-32(24)23(21)28)18-7-8-20(29-13-18)16-5-3-2-4-6-16/h2-8,13-14,17H,9-12,28H2,1H3,(H,34,35)/t17-,26+. The molecule has 0 bridgehead atoms. The van der Waals surface area contributed by atoms with Gasteiger partial charge in [0.05, 0.1) is 23.1 Å². The number of carbonyl (C=O) groups is 2. The molecule has 0 atom stereocenters. The molecule has 0 aliphatic heterocycles. The van der Waals surface area contributed by atoms with Crippen LogP contribution >= 0.6 is 0 Å². The third kappa shape index (κ3) is 3.92. The lowest BCUT2D eigenvalue weighted by Gasteiger charge is -2.31. The summed E-state index contributed by atoms with van der Waals surface area (Å²) in [6.45, 7) is 1.40. The zero-order valence-corrected chi connectivity index (χ0v) is 19.1. The number of aliphatic carboxylic acids is 1. The Kier molecular flexibility index (Phi) is 5.55. The van der Waals surface area contributed by atoms with Gasteiger partial charge in [0.1, 0.15) is 5.82 Å². The second-order valence-corrected chi connectivity index (χ2v) is 8.95. The molecule has 1 aliphatic carbocycles. The molecule has 1 fully saturated rings. The van der Waals surface area contributed by atoms with Crippen LogP contribution in [-0.4, -0.2) is 42.1 Å². The van der Waals surface area contributed by atoms with Crippen molar-refractivity contribution in [1.29, 1.82) is 0 Å². The van der Waals surface area contributed by atoms with Gasteiger partial charge < -0.3 is 10.8 Å². The summed E-state index contributed by atoms with van der Waals surface area (Å²) in [5.74, 6) is -1.85. The maximum absolute atomic E-state index is 14.6. The lowest BCUT2D eigenvalue weighted by Crippen LogP contribution is -2.37. The topological polar surface area (TPSA) is 123 Å². The summed E-state index contributed by atoms with van der Waals surface area (Å²) in [6, 6.07) is 13.6. The van der Waals surface area contributed by atoms with Gasteiger partial charge in [0.2, 0.25) is 5.67 Å². The Morgan fingerprint density at radius 1 is 1.09 bits per heavy atom.